The number of nitrogens with one attached hydrogen (secondary N) is 3. The van der Waals surface area contributed by atoms with Crippen molar-refractivity contribution in [3.8, 4) is 11.3 Å². The highest BCUT2D eigenvalue weighted by Crippen LogP contribution is 2.31. The van der Waals surface area contributed by atoms with Gasteiger partial charge in [-0.05, 0) is 45.8 Å². The van der Waals surface area contributed by atoms with Crippen molar-refractivity contribution in [3.63, 3.8) is 0 Å². The third-order valence-corrected chi connectivity index (χ3v) is 5.79. The molecular weight excluding hydrogens is 491 g/mol. The number of aromatic nitrogens is 1. The van der Waals surface area contributed by atoms with Crippen LogP contribution in [0.15, 0.2) is 45.8 Å². The second-order valence-electron chi connectivity index (χ2n) is 6.08. The van der Waals surface area contributed by atoms with Crippen LogP contribution in [0.25, 0.3) is 17.0 Å². The van der Waals surface area contributed by atoms with Crippen LogP contribution in [0.3, 0.4) is 0 Å². The number of esters is 1. The number of allylic oxidation sites excluding steroid dienone is 1. The van der Waals surface area contributed by atoms with Gasteiger partial charge in [0.25, 0.3) is 0 Å². The maximum absolute atomic E-state index is 13.0. The van der Waals surface area contributed by atoms with E-state index in [0.29, 0.717) is 11.3 Å². The molecule has 162 valence electrons. The van der Waals surface area contributed by atoms with E-state index in [1.165, 1.54) is 30.3 Å². The van der Waals surface area contributed by atoms with Crippen molar-refractivity contribution in [2.45, 2.75) is 11.1 Å². The van der Waals surface area contributed by atoms with Crippen LogP contribution >= 0.6 is 15.9 Å². The first-order valence-corrected chi connectivity index (χ1v) is 10.9. The van der Waals surface area contributed by atoms with Crippen LogP contribution in [0.4, 0.5) is 13.2 Å². The summed E-state index contributed by atoms with van der Waals surface area (Å²) in [5.41, 5.74) is -0.789. The molecule has 2 aromatic rings. The van der Waals surface area contributed by atoms with Gasteiger partial charge in [0.1, 0.15) is 6.54 Å². The second-order valence-corrected chi connectivity index (χ2v) is 8.89. The molecule has 0 aliphatic heterocycles. The van der Waals surface area contributed by atoms with Crippen LogP contribution in [-0.4, -0.2) is 51.2 Å². The zero-order chi connectivity index (χ0) is 22.7. The third-order valence-electron chi connectivity index (χ3n) is 3.89. The Morgan fingerprint density at radius 1 is 1.27 bits per heavy atom. The lowest BCUT2D eigenvalue weighted by atomic mass is 10.2. The summed E-state index contributed by atoms with van der Waals surface area (Å²) < 4.78 is 66.4. The second kappa shape index (κ2) is 9.04. The summed E-state index contributed by atoms with van der Waals surface area (Å²) in [4.78, 5) is 14.4. The molecule has 0 amide bonds. The van der Waals surface area contributed by atoms with Gasteiger partial charge >= 0.3 is 12.1 Å². The van der Waals surface area contributed by atoms with Gasteiger partial charge in [0.05, 0.1) is 27.9 Å². The Bertz CT molecular complexity index is 1110. The number of carbonyl (C=O) groups is 1. The lowest BCUT2D eigenvalue weighted by molar-refractivity contribution is -0.139. The molecule has 7 nitrogen and oxygen atoms in total. The van der Waals surface area contributed by atoms with E-state index in [9.17, 15) is 26.4 Å². The summed E-state index contributed by atoms with van der Waals surface area (Å²) in [5, 5.41) is 9.89. The Kier molecular flexibility index (Phi) is 7.14. The van der Waals surface area contributed by atoms with Crippen molar-refractivity contribution in [3.05, 3.63) is 46.6 Å². The van der Waals surface area contributed by atoms with E-state index < -0.39 is 38.7 Å². The predicted octanol–water partition coefficient (Wildman–Crippen LogP) is 3.49. The van der Waals surface area contributed by atoms with Gasteiger partial charge in [0.2, 0.25) is 0 Å². The highest BCUT2D eigenvalue weighted by atomic mass is 79.9. The molecule has 0 fully saturated rings. The quantitative estimate of drug-likeness (QED) is 0.392. The summed E-state index contributed by atoms with van der Waals surface area (Å²) in [6.07, 6.45) is -3.86. The number of H-pyrrole nitrogens is 1. The number of halogens is 4. The number of carbonyl (C=O) groups excluding carboxylic acids is 1. The predicted molar refractivity (Wildman–Crippen MR) is 109 cm³/mol. The highest BCUT2D eigenvalue weighted by molar-refractivity contribution is 9.12. The molecule has 12 heteroatoms. The number of rotatable bonds is 7. The molecule has 1 aromatic carbocycles. The Balaban J connectivity index is 2.50. The molecular formula is C18H17BrF3N3O4S. The van der Waals surface area contributed by atoms with Gasteiger partial charge in [0, 0.05) is 11.9 Å². The van der Waals surface area contributed by atoms with Crippen LogP contribution in [0, 0.1) is 5.41 Å². The first-order chi connectivity index (χ1) is 13.8. The van der Waals surface area contributed by atoms with Crippen molar-refractivity contribution >= 4 is 43.1 Å². The molecule has 0 unspecified atom stereocenters. The summed E-state index contributed by atoms with van der Waals surface area (Å²) >= 11 is 2.78. The average molecular weight is 508 g/mol. The van der Waals surface area contributed by atoms with Crippen LogP contribution < -0.4 is 5.32 Å². The molecule has 0 saturated heterocycles. The topological polar surface area (TPSA) is 112 Å². The molecule has 0 aliphatic carbocycles. The highest BCUT2D eigenvalue weighted by Gasteiger charge is 2.37. The molecule has 30 heavy (non-hydrogen) atoms. The number of benzene rings is 1. The molecule has 0 spiro atoms. The van der Waals surface area contributed by atoms with Crippen LogP contribution in [0.5, 0.6) is 0 Å². The van der Waals surface area contributed by atoms with Gasteiger partial charge in [-0.15, -0.1) is 0 Å². The zero-order valence-corrected chi connectivity index (χ0v) is 18.1. The van der Waals surface area contributed by atoms with E-state index in [0.717, 1.165) is 13.4 Å². The Morgan fingerprint density at radius 3 is 2.50 bits per heavy atom. The molecule has 0 bridgehead atoms. The molecule has 0 saturated carbocycles. The standard InChI is InChI=1S/C18H17BrF3N3O4S/c1-29-14(26)9-24-16(15(19)17(23)18(20,21)22)13-7-6-12(25-13)10-4-3-5-11(8-10)30(2,27)28/h3-8,23-25H,9H2,1-2H3/b16-15+,23-17?. The largest absolute Gasteiger partial charge is 0.468 e. The summed E-state index contributed by atoms with van der Waals surface area (Å²) in [5.74, 6) is -0.723. The van der Waals surface area contributed by atoms with Gasteiger partial charge in [0.15, 0.2) is 15.5 Å². The van der Waals surface area contributed by atoms with E-state index in [4.69, 9.17) is 5.41 Å². The number of alkyl halides is 3. The van der Waals surface area contributed by atoms with Crippen molar-refractivity contribution in [1.29, 1.82) is 5.41 Å². The monoisotopic (exact) mass is 507 g/mol. The van der Waals surface area contributed by atoms with E-state index in [1.54, 1.807) is 6.07 Å². The average Bonchev–Trinajstić information content (AvgIpc) is 3.15. The van der Waals surface area contributed by atoms with Crippen LogP contribution in [0.2, 0.25) is 0 Å². The van der Waals surface area contributed by atoms with Crippen LogP contribution in [0.1, 0.15) is 5.69 Å². The lowest BCUT2D eigenvalue weighted by Gasteiger charge is -2.14. The first-order valence-electron chi connectivity index (χ1n) is 8.21. The lowest BCUT2D eigenvalue weighted by Crippen LogP contribution is -2.28. The fraction of sp³-hybridized carbons (Fsp3) is 0.222. The van der Waals surface area contributed by atoms with Crippen molar-refractivity contribution in [1.82, 2.24) is 10.3 Å². The van der Waals surface area contributed by atoms with Crippen molar-refractivity contribution in [2.75, 3.05) is 19.9 Å². The van der Waals surface area contributed by atoms with Gasteiger partial charge in [-0.3, -0.25) is 10.2 Å². The minimum Gasteiger partial charge on any atom is -0.468 e. The number of hydrogen-bond donors (Lipinski definition) is 3. The summed E-state index contributed by atoms with van der Waals surface area (Å²) in [7, 11) is -2.33. The van der Waals surface area contributed by atoms with Crippen LogP contribution in [-0.2, 0) is 19.4 Å². The first kappa shape index (κ1) is 23.7. The van der Waals surface area contributed by atoms with E-state index >= 15 is 0 Å². The van der Waals surface area contributed by atoms with Gasteiger partial charge < -0.3 is 15.0 Å². The van der Waals surface area contributed by atoms with Gasteiger partial charge in [-0.25, -0.2) is 8.42 Å². The maximum atomic E-state index is 13.0. The minimum atomic E-state index is -4.92. The summed E-state index contributed by atoms with van der Waals surface area (Å²) in [6, 6.07) is 8.98. The number of sulfone groups is 1. The summed E-state index contributed by atoms with van der Waals surface area (Å²) in [6.45, 7) is -0.440. The normalized spacial score (nSPS) is 12.9. The fourth-order valence-electron chi connectivity index (χ4n) is 2.38. The molecule has 3 N–H and O–H groups in total. The van der Waals surface area contributed by atoms with Gasteiger partial charge in [-0.1, -0.05) is 12.1 Å². The fourth-order valence-corrected chi connectivity index (χ4v) is 3.62. The molecule has 0 radical (unpaired) electrons. The van der Waals surface area contributed by atoms with Crippen molar-refractivity contribution in [2.24, 2.45) is 0 Å². The number of aromatic amines is 1. The number of hydrogen-bond acceptors (Lipinski definition) is 6. The van der Waals surface area contributed by atoms with E-state index in [2.05, 4.69) is 31.0 Å². The number of ether oxygens (including phenoxy) is 1. The zero-order valence-electron chi connectivity index (χ0n) is 15.7. The third kappa shape index (κ3) is 5.72. The molecule has 1 heterocycles. The smallest absolute Gasteiger partial charge is 0.433 e. The Labute approximate surface area is 178 Å². The molecule has 0 atom stereocenters. The molecule has 0 aliphatic rings. The van der Waals surface area contributed by atoms with Crippen molar-refractivity contribution < 1.29 is 31.1 Å². The Morgan fingerprint density at radius 2 is 1.93 bits per heavy atom. The maximum Gasteiger partial charge on any atom is 0.433 e. The van der Waals surface area contributed by atoms with Gasteiger partial charge in [-0.2, -0.15) is 13.2 Å². The molecule has 2 rings (SSSR count). The minimum absolute atomic E-state index is 0.0794. The van der Waals surface area contributed by atoms with E-state index in [-0.39, 0.29) is 16.3 Å². The number of methoxy groups -OCH3 is 1. The molecule has 1 aromatic heterocycles. The van der Waals surface area contributed by atoms with E-state index in [1.807, 2.05) is 0 Å². The SMILES string of the molecule is COC(=O)CN/C(=C(/Br)C(=N)C(F)(F)F)c1ccc(-c2cccc(S(C)(=O)=O)c2)[nH]1. The Hall–Kier alpha value is -2.60.